The van der Waals surface area contributed by atoms with Crippen LogP contribution in [0.15, 0.2) is 18.3 Å². The number of hydrogen-bond acceptors (Lipinski definition) is 4. The van der Waals surface area contributed by atoms with Gasteiger partial charge in [0.2, 0.25) is 0 Å². The van der Waals surface area contributed by atoms with Crippen molar-refractivity contribution in [3.63, 3.8) is 0 Å². The van der Waals surface area contributed by atoms with Crippen LogP contribution in [-0.4, -0.2) is 49.7 Å². The average molecular weight is 262 g/mol. The molecule has 2 rings (SSSR count). The Morgan fingerprint density at radius 1 is 1.42 bits per heavy atom. The molecule has 0 amide bonds. The molecule has 1 aromatic rings. The number of aromatic nitrogens is 1. The van der Waals surface area contributed by atoms with E-state index in [-0.39, 0.29) is 0 Å². The molecule has 19 heavy (non-hydrogen) atoms. The maximum absolute atomic E-state index is 4.62. The lowest BCUT2D eigenvalue weighted by atomic mass is 10.0. The van der Waals surface area contributed by atoms with Gasteiger partial charge >= 0.3 is 0 Å². The number of nitrogens with one attached hydrogen (secondary N) is 1. The van der Waals surface area contributed by atoms with Crippen molar-refractivity contribution in [2.75, 3.05) is 38.6 Å². The van der Waals surface area contributed by atoms with E-state index < -0.39 is 0 Å². The first-order valence-corrected chi connectivity index (χ1v) is 7.27. The zero-order valence-electron chi connectivity index (χ0n) is 12.4. The van der Waals surface area contributed by atoms with Crippen LogP contribution in [0.2, 0.25) is 0 Å². The van der Waals surface area contributed by atoms with E-state index in [9.17, 15) is 0 Å². The molecule has 1 aromatic heterocycles. The maximum atomic E-state index is 4.62. The Morgan fingerprint density at radius 3 is 2.89 bits per heavy atom. The Balaban J connectivity index is 1.97. The van der Waals surface area contributed by atoms with Gasteiger partial charge in [0.25, 0.3) is 0 Å². The van der Waals surface area contributed by atoms with Gasteiger partial charge in [-0.2, -0.15) is 0 Å². The predicted octanol–water partition coefficient (Wildman–Crippen LogP) is 1.72. The second-order valence-corrected chi connectivity index (χ2v) is 5.51. The van der Waals surface area contributed by atoms with E-state index in [1.54, 1.807) is 0 Å². The molecular formula is C15H26N4. The molecule has 1 unspecified atom stereocenters. The fourth-order valence-corrected chi connectivity index (χ4v) is 2.56. The van der Waals surface area contributed by atoms with Crippen molar-refractivity contribution in [3.05, 3.63) is 23.9 Å². The average Bonchev–Trinajstić information content (AvgIpc) is 2.46. The normalized spacial score (nSPS) is 20.0. The van der Waals surface area contributed by atoms with Crippen LogP contribution in [0.1, 0.15) is 25.3 Å². The number of nitrogens with zero attached hydrogens (tertiary/aromatic N) is 3. The summed E-state index contributed by atoms with van der Waals surface area (Å²) in [7, 11) is 4.34. The predicted molar refractivity (Wildman–Crippen MR) is 80.5 cm³/mol. The fourth-order valence-electron chi connectivity index (χ4n) is 2.56. The van der Waals surface area contributed by atoms with Gasteiger partial charge in [0, 0.05) is 31.9 Å². The molecule has 0 aliphatic carbocycles. The number of anilines is 1. The monoisotopic (exact) mass is 262 g/mol. The fraction of sp³-hybridized carbons (Fsp3) is 0.667. The highest BCUT2D eigenvalue weighted by Crippen LogP contribution is 2.19. The number of likely N-dealkylation sites (N-methyl/N-ethyl adjacent to an activating group) is 1. The summed E-state index contributed by atoms with van der Waals surface area (Å²) in [6.45, 7) is 6.25. The summed E-state index contributed by atoms with van der Waals surface area (Å²) in [6, 6.07) is 4.99. The minimum atomic E-state index is 0.650. The number of hydrogen-bond donors (Lipinski definition) is 1. The molecular weight excluding hydrogens is 236 g/mol. The van der Waals surface area contributed by atoms with Gasteiger partial charge < -0.3 is 15.1 Å². The highest BCUT2D eigenvalue weighted by Gasteiger charge is 2.21. The number of rotatable bonds is 5. The minimum absolute atomic E-state index is 0.650. The molecule has 0 saturated carbocycles. The molecule has 0 spiro atoms. The van der Waals surface area contributed by atoms with Crippen molar-refractivity contribution in [1.82, 2.24) is 15.2 Å². The van der Waals surface area contributed by atoms with E-state index in [1.807, 2.05) is 6.20 Å². The smallest absolute Gasteiger partial charge is 0.128 e. The van der Waals surface area contributed by atoms with Crippen LogP contribution in [0, 0.1) is 0 Å². The van der Waals surface area contributed by atoms with Crippen LogP contribution in [-0.2, 0) is 6.54 Å². The van der Waals surface area contributed by atoms with Crippen molar-refractivity contribution < 1.29 is 0 Å². The minimum Gasteiger partial charge on any atom is -0.355 e. The van der Waals surface area contributed by atoms with E-state index in [4.69, 9.17) is 0 Å². The van der Waals surface area contributed by atoms with Crippen molar-refractivity contribution in [1.29, 1.82) is 0 Å². The first-order valence-electron chi connectivity index (χ1n) is 7.27. The molecule has 0 radical (unpaired) electrons. The number of piperidine rings is 1. The van der Waals surface area contributed by atoms with Gasteiger partial charge in [0.05, 0.1) is 0 Å². The van der Waals surface area contributed by atoms with Gasteiger partial charge in [-0.3, -0.25) is 0 Å². The summed E-state index contributed by atoms with van der Waals surface area (Å²) in [5.74, 6) is 1.12. The van der Waals surface area contributed by atoms with Gasteiger partial charge in [-0.1, -0.05) is 13.0 Å². The van der Waals surface area contributed by atoms with Crippen molar-refractivity contribution in [2.45, 2.75) is 32.4 Å². The molecule has 1 atom stereocenters. The summed E-state index contributed by atoms with van der Waals surface area (Å²) in [4.78, 5) is 9.35. The molecule has 0 bridgehead atoms. The molecule has 4 heteroatoms. The van der Waals surface area contributed by atoms with Crippen molar-refractivity contribution in [3.8, 4) is 0 Å². The maximum Gasteiger partial charge on any atom is 0.128 e. The van der Waals surface area contributed by atoms with E-state index in [2.05, 4.69) is 53.3 Å². The first kappa shape index (κ1) is 14.3. The van der Waals surface area contributed by atoms with E-state index >= 15 is 0 Å². The van der Waals surface area contributed by atoms with Crippen LogP contribution in [0.25, 0.3) is 0 Å². The Morgan fingerprint density at radius 2 is 2.26 bits per heavy atom. The topological polar surface area (TPSA) is 31.4 Å². The SMILES string of the molecule is CCNCc1ccc(N2CCCC(N(C)C)C2)nc1. The van der Waals surface area contributed by atoms with Crippen molar-refractivity contribution in [2.24, 2.45) is 0 Å². The van der Waals surface area contributed by atoms with E-state index in [0.717, 1.165) is 32.0 Å². The van der Waals surface area contributed by atoms with Crippen LogP contribution in [0.3, 0.4) is 0 Å². The molecule has 1 aliphatic rings. The van der Waals surface area contributed by atoms with Gasteiger partial charge in [0.1, 0.15) is 5.82 Å². The van der Waals surface area contributed by atoms with E-state index in [1.165, 1.54) is 18.4 Å². The summed E-state index contributed by atoms with van der Waals surface area (Å²) in [6.07, 6.45) is 4.54. The molecule has 1 N–H and O–H groups in total. The molecule has 2 heterocycles. The lowest BCUT2D eigenvalue weighted by molar-refractivity contribution is 0.257. The number of pyridine rings is 1. The molecule has 0 aromatic carbocycles. The standard InChI is InChI=1S/C15H26N4/c1-4-16-10-13-7-8-15(17-11-13)19-9-5-6-14(12-19)18(2)3/h7-8,11,14,16H,4-6,9-10,12H2,1-3H3. The molecule has 1 aliphatic heterocycles. The Bertz CT molecular complexity index is 374. The zero-order valence-corrected chi connectivity index (χ0v) is 12.4. The van der Waals surface area contributed by atoms with Gasteiger partial charge in [-0.05, 0) is 45.1 Å². The van der Waals surface area contributed by atoms with Crippen LogP contribution in [0.4, 0.5) is 5.82 Å². The molecule has 106 valence electrons. The zero-order chi connectivity index (χ0) is 13.7. The van der Waals surface area contributed by atoms with Gasteiger partial charge in [-0.25, -0.2) is 4.98 Å². The molecule has 1 fully saturated rings. The third kappa shape index (κ3) is 3.91. The molecule has 4 nitrogen and oxygen atoms in total. The highest BCUT2D eigenvalue weighted by molar-refractivity contribution is 5.40. The summed E-state index contributed by atoms with van der Waals surface area (Å²) >= 11 is 0. The van der Waals surface area contributed by atoms with Gasteiger partial charge in [-0.15, -0.1) is 0 Å². The lowest BCUT2D eigenvalue weighted by Crippen LogP contribution is -2.45. The van der Waals surface area contributed by atoms with Gasteiger partial charge in [0.15, 0.2) is 0 Å². The first-order chi connectivity index (χ1) is 9.20. The third-order valence-electron chi connectivity index (χ3n) is 3.84. The second-order valence-electron chi connectivity index (χ2n) is 5.51. The van der Waals surface area contributed by atoms with Crippen LogP contribution < -0.4 is 10.2 Å². The Labute approximate surface area is 116 Å². The Hall–Kier alpha value is -1.13. The second kappa shape index (κ2) is 6.87. The third-order valence-corrected chi connectivity index (χ3v) is 3.84. The largest absolute Gasteiger partial charge is 0.355 e. The summed E-state index contributed by atoms with van der Waals surface area (Å²) < 4.78 is 0. The summed E-state index contributed by atoms with van der Waals surface area (Å²) in [5, 5.41) is 3.33. The van der Waals surface area contributed by atoms with Crippen LogP contribution >= 0.6 is 0 Å². The quantitative estimate of drug-likeness (QED) is 0.875. The summed E-state index contributed by atoms with van der Waals surface area (Å²) in [5.41, 5.74) is 1.26. The van der Waals surface area contributed by atoms with Crippen molar-refractivity contribution >= 4 is 5.82 Å². The lowest BCUT2D eigenvalue weighted by Gasteiger charge is -2.36. The highest BCUT2D eigenvalue weighted by atomic mass is 15.2. The van der Waals surface area contributed by atoms with E-state index in [0.29, 0.717) is 6.04 Å². The Kier molecular flexibility index (Phi) is 5.16. The van der Waals surface area contributed by atoms with Crippen LogP contribution in [0.5, 0.6) is 0 Å². The molecule has 1 saturated heterocycles.